The Hall–Kier alpha value is -2.99. The lowest BCUT2D eigenvalue weighted by molar-refractivity contribution is 0.0796. The maximum Gasteiger partial charge on any atom is 0.256 e. The van der Waals surface area contributed by atoms with Crippen molar-refractivity contribution in [3.05, 3.63) is 76.8 Å². The van der Waals surface area contributed by atoms with E-state index in [0.717, 1.165) is 23.2 Å². The number of halogens is 1. The van der Waals surface area contributed by atoms with Crippen molar-refractivity contribution in [3.8, 4) is 0 Å². The molecule has 0 atom stereocenters. The molecule has 0 bridgehead atoms. The van der Waals surface area contributed by atoms with E-state index >= 15 is 0 Å². The maximum absolute atomic E-state index is 12.5. The first-order valence-corrected chi connectivity index (χ1v) is 8.91. The van der Waals surface area contributed by atoms with Gasteiger partial charge in [0.15, 0.2) is 0 Å². The highest BCUT2D eigenvalue weighted by Crippen LogP contribution is 2.24. The van der Waals surface area contributed by atoms with Crippen LogP contribution in [0.1, 0.15) is 21.5 Å². The smallest absolute Gasteiger partial charge is 0.256 e. The lowest BCUT2D eigenvalue weighted by Crippen LogP contribution is -2.29. The molecule has 1 N–H and O–H groups in total. The Labute approximate surface area is 163 Å². The number of nitrogens with zero attached hydrogens (tertiary/aromatic N) is 4. The van der Waals surface area contributed by atoms with Crippen molar-refractivity contribution in [1.82, 2.24) is 19.9 Å². The molecule has 1 amide bonds. The van der Waals surface area contributed by atoms with Crippen LogP contribution in [0.2, 0.25) is 5.02 Å². The molecule has 138 valence electrons. The first-order chi connectivity index (χ1) is 13.0. The van der Waals surface area contributed by atoms with Gasteiger partial charge in [0.05, 0.1) is 5.56 Å². The largest absolute Gasteiger partial charge is 0.341 e. The van der Waals surface area contributed by atoms with E-state index < -0.39 is 0 Å². The van der Waals surface area contributed by atoms with E-state index in [9.17, 15) is 4.79 Å². The normalized spacial score (nSPS) is 10.5. The molecule has 0 unspecified atom stereocenters. The molecule has 0 radical (unpaired) electrons. The van der Waals surface area contributed by atoms with Crippen LogP contribution in [0.15, 0.2) is 55.1 Å². The summed E-state index contributed by atoms with van der Waals surface area (Å²) in [6.45, 7) is 2.52. The van der Waals surface area contributed by atoms with Gasteiger partial charge < -0.3 is 10.2 Å². The fourth-order valence-corrected chi connectivity index (χ4v) is 2.71. The third-order valence-corrected chi connectivity index (χ3v) is 4.65. The number of nitrogens with one attached hydrogen (secondary N) is 1. The molecule has 0 fully saturated rings. The van der Waals surface area contributed by atoms with Crippen molar-refractivity contribution in [2.45, 2.75) is 13.3 Å². The van der Waals surface area contributed by atoms with Crippen molar-refractivity contribution >= 4 is 29.1 Å². The highest BCUT2D eigenvalue weighted by atomic mass is 35.5. The number of carbonyl (C=O) groups excluding carboxylic acids is 1. The van der Waals surface area contributed by atoms with Crippen molar-refractivity contribution in [1.29, 1.82) is 0 Å². The number of anilines is 2. The van der Waals surface area contributed by atoms with E-state index in [1.807, 2.05) is 37.3 Å². The second-order valence-electron chi connectivity index (χ2n) is 6.16. The van der Waals surface area contributed by atoms with E-state index in [1.54, 1.807) is 24.3 Å². The van der Waals surface area contributed by atoms with Gasteiger partial charge in [-0.15, -0.1) is 0 Å². The average molecular weight is 382 g/mol. The first-order valence-electron chi connectivity index (χ1n) is 8.53. The molecule has 2 aromatic heterocycles. The quantitative estimate of drug-likeness (QED) is 0.701. The van der Waals surface area contributed by atoms with Gasteiger partial charge in [0, 0.05) is 49.1 Å². The number of rotatable bonds is 6. The van der Waals surface area contributed by atoms with E-state index in [-0.39, 0.29) is 5.91 Å². The predicted molar refractivity (Wildman–Crippen MR) is 106 cm³/mol. The fourth-order valence-electron chi connectivity index (χ4n) is 2.53. The van der Waals surface area contributed by atoms with Crippen LogP contribution in [0.3, 0.4) is 0 Å². The molecule has 3 rings (SSSR count). The Morgan fingerprint density at radius 3 is 2.56 bits per heavy atom. The fraction of sp³-hybridized carbons (Fsp3) is 0.200. The van der Waals surface area contributed by atoms with Crippen LogP contribution in [0, 0.1) is 6.92 Å². The molecule has 3 aromatic rings. The highest BCUT2D eigenvalue weighted by Gasteiger charge is 2.13. The monoisotopic (exact) mass is 381 g/mol. The molecule has 2 heterocycles. The summed E-state index contributed by atoms with van der Waals surface area (Å²) in [5, 5.41) is 3.79. The number of likely N-dealkylation sites (N-methyl/N-ethyl adjacent to an activating group) is 1. The number of benzene rings is 1. The molecular weight excluding hydrogens is 362 g/mol. The van der Waals surface area contributed by atoms with Gasteiger partial charge in [-0.05, 0) is 48.7 Å². The number of hydrogen-bond acceptors (Lipinski definition) is 5. The van der Waals surface area contributed by atoms with Gasteiger partial charge in [0.25, 0.3) is 5.91 Å². The van der Waals surface area contributed by atoms with Gasteiger partial charge >= 0.3 is 0 Å². The number of hydrogen-bond donors (Lipinski definition) is 1. The molecule has 0 aliphatic carbocycles. The Kier molecular flexibility index (Phi) is 5.98. The second-order valence-corrected chi connectivity index (χ2v) is 6.57. The average Bonchev–Trinajstić information content (AvgIpc) is 2.70. The molecule has 0 saturated heterocycles. The molecule has 0 saturated carbocycles. The Bertz CT molecular complexity index is 915. The molecular formula is C20H20ClN5O. The van der Waals surface area contributed by atoms with Crippen molar-refractivity contribution in [2.24, 2.45) is 0 Å². The van der Waals surface area contributed by atoms with Crippen LogP contribution in [-0.4, -0.2) is 39.4 Å². The zero-order chi connectivity index (χ0) is 19.2. The number of pyridine rings is 1. The summed E-state index contributed by atoms with van der Waals surface area (Å²) in [6.07, 6.45) is 7.32. The minimum Gasteiger partial charge on any atom is -0.341 e. The number of amides is 1. The summed E-state index contributed by atoms with van der Waals surface area (Å²) >= 11 is 6.12. The number of carbonyl (C=O) groups is 1. The van der Waals surface area contributed by atoms with Crippen LogP contribution in [0.25, 0.3) is 0 Å². The summed E-state index contributed by atoms with van der Waals surface area (Å²) in [6, 6.07) is 9.47. The summed E-state index contributed by atoms with van der Waals surface area (Å²) in [7, 11) is 1.77. The molecule has 27 heavy (non-hydrogen) atoms. The summed E-state index contributed by atoms with van der Waals surface area (Å²) in [5.74, 6) is 0.297. The van der Waals surface area contributed by atoms with Crippen molar-refractivity contribution in [2.75, 3.05) is 18.9 Å². The Morgan fingerprint density at radius 2 is 1.85 bits per heavy atom. The molecule has 0 aliphatic heterocycles. The van der Waals surface area contributed by atoms with Gasteiger partial charge in [-0.25, -0.2) is 9.97 Å². The molecule has 7 heteroatoms. The lowest BCUT2D eigenvalue weighted by Gasteiger charge is -2.17. The molecule has 6 nitrogen and oxygen atoms in total. The lowest BCUT2D eigenvalue weighted by atomic mass is 10.2. The zero-order valence-corrected chi connectivity index (χ0v) is 15.9. The van der Waals surface area contributed by atoms with Gasteiger partial charge in [0.2, 0.25) is 5.95 Å². The first kappa shape index (κ1) is 18.8. The highest BCUT2D eigenvalue weighted by molar-refractivity contribution is 6.31. The van der Waals surface area contributed by atoms with E-state index in [2.05, 4.69) is 20.3 Å². The predicted octanol–water partition coefficient (Wildman–Crippen LogP) is 3.89. The topological polar surface area (TPSA) is 71.0 Å². The maximum atomic E-state index is 12.5. The molecule has 1 aromatic carbocycles. The third kappa shape index (κ3) is 4.80. The van der Waals surface area contributed by atoms with Gasteiger partial charge in [0.1, 0.15) is 0 Å². The second kappa shape index (κ2) is 8.60. The standard InChI is InChI=1S/C20H20ClN5O/c1-14-17(21)4-3-5-18(14)25-20-23-12-16(13-24-20)19(27)26(2)11-8-15-6-9-22-10-7-15/h3-7,9-10,12-13H,8,11H2,1-2H3,(H,23,24,25). The number of aromatic nitrogens is 3. The van der Waals surface area contributed by atoms with Crippen LogP contribution >= 0.6 is 11.6 Å². The van der Waals surface area contributed by atoms with Crippen molar-refractivity contribution in [3.63, 3.8) is 0 Å². The minimum atomic E-state index is -0.116. The summed E-state index contributed by atoms with van der Waals surface area (Å²) in [4.78, 5) is 26.7. The SMILES string of the molecule is Cc1c(Cl)cccc1Nc1ncc(C(=O)N(C)CCc2ccncc2)cn1. The van der Waals surface area contributed by atoms with E-state index in [1.165, 1.54) is 12.4 Å². The van der Waals surface area contributed by atoms with Gasteiger partial charge in [-0.1, -0.05) is 17.7 Å². The van der Waals surface area contributed by atoms with Crippen molar-refractivity contribution < 1.29 is 4.79 Å². The summed E-state index contributed by atoms with van der Waals surface area (Å²) < 4.78 is 0. The molecule has 0 spiro atoms. The Balaban J connectivity index is 1.62. The van der Waals surface area contributed by atoms with Crippen LogP contribution in [-0.2, 0) is 6.42 Å². The van der Waals surface area contributed by atoms with E-state index in [4.69, 9.17) is 11.6 Å². The van der Waals surface area contributed by atoms with Gasteiger partial charge in [-0.2, -0.15) is 0 Å². The third-order valence-electron chi connectivity index (χ3n) is 4.24. The summed E-state index contributed by atoms with van der Waals surface area (Å²) in [5.41, 5.74) is 3.33. The Morgan fingerprint density at radius 1 is 1.15 bits per heavy atom. The molecule has 0 aliphatic rings. The van der Waals surface area contributed by atoms with Crippen LogP contribution < -0.4 is 5.32 Å². The van der Waals surface area contributed by atoms with Crippen LogP contribution in [0.4, 0.5) is 11.6 Å². The minimum absolute atomic E-state index is 0.116. The van der Waals surface area contributed by atoms with Gasteiger partial charge in [-0.3, -0.25) is 9.78 Å². The zero-order valence-electron chi connectivity index (χ0n) is 15.2. The van der Waals surface area contributed by atoms with E-state index in [0.29, 0.717) is 23.1 Å². The van der Waals surface area contributed by atoms with Crippen LogP contribution in [0.5, 0.6) is 0 Å².